The van der Waals surface area contributed by atoms with Crippen molar-refractivity contribution >= 4 is 17.7 Å². The highest BCUT2D eigenvalue weighted by Crippen LogP contribution is 2.23. The molecule has 0 aliphatic carbocycles. The van der Waals surface area contributed by atoms with Crippen LogP contribution < -0.4 is 10.1 Å². The van der Waals surface area contributed by atoms with Gasteiger partial charge in [0.25, 0.3) is 5.91 Å². The molecule has 0 radical (unpaired) electrons. The third kappa shape index (κ3) is 3.85. The van der Waals surface area contributed by atoms with E-state index in [0.29, 0.717) is 17.5 Å². The Hall–Kier alpha value is -1.36. The summed E-state index contributed by atoms with van der Waals surface area (Å²) in [5.74, 6) is 0.182. The van der Waals surface area contributed by atoms with Crippen LogP contribution in [0.3, 0.4) is 0 Å². The molecule has 1 aromatic carbocycles. The van der Waals surface area contributed by atoms with E-state index in [4.69, 9.17) is 4.74 Å². The second kappa shape index (κ2) is 6.39. The molecule has 0 saturated heterocycles. The Kier molecular flexibility index (Phi) is 5.15. The van der Waals surface area contributed by atoms with Crippen molar-refractivity contribution in [2.24, 2.45) is 0 Å². The van der Waals surface area contributed by atoms with Gasteiger partial charge in [0.05, 0.1) is 12.7 Å². The van der Waals surface area contributed by atoms with Crippen molar-refractivity contribution in [2.75, 3.05) is 19.9 Å². The van der Waals surface area contributed by atoms with Crippen molar-refractivity contribution in [3.63, 3.8) is 0 Å². The number of hydrogen-bond donors (Lipinski definition) is 2. The van der Waals surface area contributed by atoms with Gasteiger partial charge in [-0.05, 0) is 18.4 Å². The van der Waals surface area contributed by atoms with Gasteiger partial charge in [0.2, 0.25) is 0 Å². The number of carbonyl (C=O) groups is 1. The fourth-order valence-corrected chi connectivity index (χ4v) is 1.50. The molecule has 0 bridgehead atoms. The smallest absolute Gasteiger partial charge is 0.255 e. The molecule has 0 aromatic heterocycles. The number of thioether (sulfide) groups is 1. The summed E-state index contributed by atoms with van der Waals surface area (Å²) in [5, 5.41) is 12.8. The van der Waals surface area contributed by atoms with Gasteiger partial charge >= 0.3 is 0 Å². The van der Waals surface area contributed by atoms with Gasteiger partial charge in [-0.1, -0.05) is 6.92 Å². The van der Waals surface area contributed by atoms with Crippen LogP contribution in [-0.4, -0.2) is 36.2 Å². The quantitative estimate of drug-likeness (QED) is 0.843. The van der Waals surface area contributed by atoms with Crippen LogP contribution in [0.15, 0.2) is 18.2 Å². The van der Waals surface area contributed by atoms with Crippen LogP contribution in [-0.2, 0) is 0 Å². The van der Waals surface area contributed by atoms with Gasteiger partial charge < -0.3 is 15.2 Å². The summed E-state index contributed by atoms with van der Waals surface area (Å²) in [4.78, 5) is 11.8. The third-order valence-electron chi connectivity index (χ3n) is 2.40. The number of nitrogens with one attached hydrogen (secondary N) is 1. The van der Waals surface area contributed by atoms with E-state index >= 15 is 0 Å². The average Bonchev–Trinajstić information content (AvgIpc) is 2.35. The van der Waals surface area contributed by atoms with Crippen molar-refractivity contribution in [1.29, 1.82) is 0 Å². The second-order valence-electron chi connectivity index (χ2n) is 3.64. The first kappa shape index (κ1) is 13.7. The van der Waals surface area contributed by atoms with Crippen molar-refractivity contribution in [2.45, 2.75) is 12.2 Å². The molecule has 1 unspecified atom stereocenters. The molecule has 0 fully saturated rings. The van der Waals surface area contributed by atoms with Crippen molar-refractivity contribution in [3.8, 4) is 11.5 Å². The van der Waals surface area contributed by atoms with Gasteiger partial charge in [-0.15, -0.1) is 0 Å². The molecule has 0 heterocycles. The standard InChI is InChI=1S/C12H17NO3S/c1-8(17-3)7-13-12(15)10-5-4-9(16-2)6-11(10)14/h4-6,8,14H,7H2,1-3H3,(H,13,15). The van der Waals surface area contributed by atoms with Gasteiger partial charge in [0.15, 0.2) is 0 Å². The van der Waals surface area contributed by atoms with Crippen LogP contribution in [0, 0.1) is 0 Å². The zero-order valence-corrected chi connectivity index (χ0v) is 11.0. The maximum absolute atomic E-state index is 11.8. The number of phenols is 1. The van der Waals surface area contributed by atoms with Gasteiger partial charge in [-0.3, -0.25) is 4.79 Å². The van der Waals surface area contributed by atoms with E-state index in [0.717, 1.165) is 0 Å². The fraction of sp³-hybridized carbons (Fsp3) is 0.417. The van der Waals surface area contributed by atoms with E-state index in [1.165, 1.54) is 13.2 Å². The highest BCUT2D eigenvalue weighted by atomic mass is 32.2. The Labute approximate surface area is 105 Å². The Morgan fingerprint density at radius 3 is 2.82 bits per heavy atom. The van der Waals surface area contributed by atoms with Gasteiger partial charge in [0, 0.05) is 17.9 Å². The molecule has 1 atom stereocenters. The lowest BCUT2D eigenvalue weighted by Gasteiger charge is -2.11. The summed E-state index contributed by atoms with van der Waals surface area (Å²) in [7, 11) is 1.51. The molecule has 2 N–H and O–H groups in total. The van der Waals surface area contributed by atoms with E-state index in [9.17, 15) is 9.90 Å². The maximum Gasteiger partial charge on any atom is 0.255 e. The summed E-state index contributed by atoms with van der Waals surface area (Å²) < 4.78 is 4.95. The molecule has 94 valence electrons. The first-order valence-electron chi connectivity index (χ1n) is 5.26. The number of amides is 1. The molecule has 1 rings (SSSR count). The zero-order valence-electron chi connectivity index (χ0n) is 10.2. The predicted molar refractivity (Wildman–Crippen MR) is 70.0 cm³/mol. The third-order valence-corrected chi connectivity index (χ3v) is 3.37. The lowest BCUT2D eigenvalue weighted by atomic mass is 10.2. The molecule has 1 aromatic rings. The van der Waals surface area contributed by atoms with Crippen LogP contribution in [0.4, 0.5) is 0 Å². The molecule has 1 amide bonds. The minimum atomic E-state index is -0.272. The lowest BCUT2D eigenvalue weighted by Crippen LogP contribution is -2.29. The molecule has 5 heteroatoms. The molecular formula is C12H17NO3S. The van der Waals surface area contributed by atoms with E-state index in [-0.39, 0.29) is 17.2 Å². The Bertz CT molecular complexity index is 395. The van der Waals surface area contributed by atoms with Gasteiger partial charge in [-0.2, -0.15) is 11.8 Å². The van der Waals surface area contributed by atoms with Crippen LogP contribution in [0.2, 0.25) is 0 Å². The number of rotatable bonds is 5. The number of hydrogen-bond acceptors (Lipinski definition) is 4. The summed E-state index contributed by atoms with van der Waals surface area (Å²) in [6.45, 7) is 2.60. The maximum atomic E-state index is 11.8. The van der Waals surface area contributed by atoms with E-state index in [1.54, 1.807) is 23.9 Å². The first-order valence-corrected chi connectivity index (χ1v) is 6.55. The zero-order chi connectivity index (χ0) is 12.8. The number of aromatic hydroxyl groups is 1. The lowest BCUT2D eigenvalue weighted by molar-refractivity contribution is 0.0951. The Morgan fingerprint density at radius 1 is 1.59 bits per heavy atom. The molecule has 0 spiro atoms. The monoisotopic (exact) mass is 255 g/mol. The summed E-state index contributed by atoms with van der Waals surface area (Å²) in [5.41, 5.74) is 0.263. The fourth-order valence-electron chi connectivity index (χ4n) is 1.25. The predicted octanol–water partition coefficient (Wildman–Crippen LogP) is 1.88. The number of benzene rings is 1. The van der Waals surface area contributed by atoms with Crippen LogP contribution in [0.25, 0.3) is 0 Å². The molecular weight excluding hydrogens is 238 g/mol. The van der Waals surface area contributed by atoms with Crippen LogP contribution >= 0.6 is 11.8 Å². The second-order valence-corrected chi connectivity index (χ2v) is 4.92. The summed E-state index contributed by atoms with van der Waals surface area (Å²) in [6, 6.07) is 4.62. The highest BCUT2D eigenvalue weighted by molar-refractivity contribution is 7.99. The van der Waals surface area contributed by atoms with Crippen molar-refractivity contribution < 1.29 is 14.6 Å². The van der Waals surface area contributed by atoms with Crippen molar-refractivity contribution in [3.05, 3.63) is 23.8 Å². The highest BCUT2D eigenvalue weighted by Gasteiger charge is 2.12. The molecule has 0 aliphatic heterocycles. The Balaban J connectivity index is 2.69. The van der Waals surface area contributed by atoms with Crippen LogP contribution in [0.1, 0.15) is 17.3 Å². The molecule has 4 nitrogen and oxygen atoms in total. The molecule has 17 heavy (non-hydrogen) atoms. The number of methoxy groups -OCH3 is 1. The minimum absolute atomic E-state index is 0.0707. The van der Waals surface area contributed by atoms with Gasteiger partial charge in [-0.25, -0.2) is 0 Å². The summed E-state index contributed by atoms with van der Waals surface area (Å²) in [6.07, 6.45) is 1.99. The summed E-state index contributed by atoms with van der Waals surface area (Å²) >= 11 is 1.67. The van der Waals surface area contributed by atoms with E-state index in [1.807, 2.05) is 13.2 Å². The van der Waals surface area contributed by atoms with Gasteiger partial charge in [0.1, 0.15) is 11.5 Å². The SMILES string of the molecule is COc1ccc(C(=O)NCC(C)SC)c(O)c1. The Morgan fingerprint density at radius 2 is 2.29 bits per heavy atom. The normalized spacial score (nSPS) is 11.9. The number of ether oxygens (including phenoxy) is 1. The minimum Gasteiger partial charge on any atom is -0.507 e. The van der Waals surface area contributed by atoms with Crippen LogP contribution in [0.5, 0.6) is 11.5 Å². The van der Waals surface area contributed by atoms with E-state index in [2.05, 4.69) is 5.32 Å². The molecule has 0 saturated carbocycles. The first-order chi connectivity index (χ1) is 8.08. The topological polar surface area (TPSA) is 58.6 Å². The number of carbonyl (C=O) groups excluding carboxylic acids is 1. The molecule has 0 aliphatic rings. The largest absolute Gasteiger partial charge is 0.507 e. The van der Waals surface area contributed by atoms with Crippen molar-refractivity contribution in [1.82, 2.24) is 5.32 Å². The van der Waals surface area contributed by atoms with E-state index < -0.39 is 0 Å². The number of phenolic OH excluding ortho intramolecular Hbond substituents is 1. The average molecular weight is 255 g/mol.